The highest BCUT2D eigenvalue weighted by Gasteiger charge is 1.81. The Hall–Kier alpha value is -0.640. The average Bonchev–Trinajstić information content (AvgIpc) is 1.86. The lowest BCUT2D eigenvalue weighted by Crippen LogP contribution is -1.64. The predicted octanol–water partition coefficient (Wildman–Crippen LogP) is 0.161. The van der Waals surface area contributed by atoms with Gasteiger partial charge >= 0.3 is 0 Å². The molecule has 0 saturated carbocycles. The SMILES string of the molecule is [S]c1[c][nH]nn1. The van der Waals surface area contributed by atoms with E-state index in [1.807, 2.05) is 0 Å². The summed E-state index contributed by atoms with van der Waals surface area (Å²) in [5.74, 6) is 0. The van der Waals surface area contributed by atoms with Gasteiger partial charge in [-0.1, -0.05) is 17.8 Å². The van der Waals surface area contributed by atoms with Crippen LogP contribution in [0.2, 0.25) is 0 Å². The van der Waals surface area contributed by atoms with Gasteiger partial charge in [0.15, 0.2) is 5.03 Å². The molecule has 0 aliphatic rings. The van der Waals surface area contributed by atoms with Crippen molar-refractivity contribution in [3.05, 3.63) is 6.20 Å². The maximum absolute atomic E-state index is 4.48. The zero-order valence-corrected chi connectivity index (χ0v) is 3.62. The topological polar surface area (TPSA) is 41.6 Å². The summed E-state index contributed by atoms with van der Waals surface area (Å²) in [6.45, 7) is 0. The number of rotatable bonds is 0. The van der Waals surface area contributed by atoms with E-state index >= 15 is 0 Å². The van der Waals surface area contributed by atoms with E-state index in [0.29, 0.717) is 5.03 Å². The molecule has 3 nitrogen and oxygen atoms in total. The van der Waals surface area contributed by atoms with Crippen molar-refractivity contribution in [1.82, 2.24) is 15.4 Å². The summed E-state index contributed by atoms with van der Waals surface area (Å²) >= 11 is 4.48. The van der Waals surface area contributed by atoms with Crippen LogP contribution in [0.4, 0.5) is 0 Å². The number of H-pyrrole nitrogens is 1. The molecule has 0 fully saturated rings. The molecule has 0 aliphatic heterocycles. The highest BCUT2D eigenvalue weighted by atomic mass is 32.1. The van der Waals surface area contributed by atoms with Gasteiger partial charge in [-0.25, -0.2) is 0 Å². The van der Waals surface area contributed by atoms with E-state index in [1.54, 1.807) is 0 Å². The maximum atomic E-state index is 4.48. The third kappa shape index (κ3) is 0.463. The maximum Gasteiger partial charge on any atom is 0.177 e. The van der Waals surface area contributed by atoms with Crippen molar-refractivity contribution in [3.8, 4) is 0 Å². The van der Waals surface area contributed by atoms with Crippen LogP contribution in [0.3, 0.4) is 0 Å². The second-order valence-corrected chi connectivity index (χ2v) is 1.13. The first-order chi connectivity index (χ1) is 2.89. The van der Waals surface area contributed by atoms with Gasteiger partial charge in [-0.2, -0.15) is 0 Å². The smallest absolute Gasteiger partial charge is 0.177 e. The Morgan fingerprint density at radius 3 is 2.83 bits per heavy atom. The molecule has 1 aromatic heterocycles. The molecule has 1 heterocycles. The van der Waals surface area contributed by atoms with Crippen LogP contribution in [0.5, 0.6) is 0 Å². The molecular formula is C2HN3S. The number of nitrogens with one attached hydrogen (secondary N) is 1. The first kappa shape index (κ1) is 3.55. The lowest BCUT2D eigenvalue weighted by atomic mass is 11.0. The van der Waals surface area contributed by atoms with Crippen molar-refractivity contribution in [3.63, 3.8) is 0 Å². The number of aromatic nitrogens is 3. The van der Waals surface area contributed by atoms with Crippen LogP contribution in [0.15, 0.2) is 5.03 Å². The van der Waals surface area contributed by atoms with E-state index in [1.165, 1.54) is 0 Å². The summed E-state index contributed by atoms with van der Waals surface area (Å²) in [6, 6.07) is 0. The summed E-state index contributed by atoms with van der Waals surface area (Å²) < 4.78 is 0. The Morgan fingerprint density at radius 2 is 2.67 bits per heavy atom. The summed E-state index contributed by atoms with van der Waals surface area (Å²) in [7, 11) is 0. The van der Waals surface area contributed by atoms with Gasteiger partial charge < -0.3 is 0 Å². The van der Waals surface area contributed by atoms with Gasteiger partial charge in [0, 0.05) is 0 Å². The lowest BCUT2D eigenvalue weighted by Gasteiger charge is -1.56. The normalized spacial score (nSPS) is 8.67. The molecule has 0 saturated heterocycles. The Kier molecular flexibility index (Phi) is 0.719. The predicted molar refractivity (Wildman–Crippen MR) is 21.1 cm³/mol. The van der Waals surface area contributed by atoms with Gasteiger partial charge in [-0.3, -0.25) is 5.10 Å². The van der Waals surface area contributed by atoms with Crippen LogP contribution in [-0.2, 0) is 0 Å². The fourth-order valence-electron chi connectivity index (χ4n) is 0.168. The van der Waals surface area contributed by atoms with E-state index in [9.17, 15) is 0 Å². The molecular weight excluding hydrogens is 98.1 g/mol. The molecule has 0 amide bonds. The zero-order valence-electron chi connectivity index (χ0n) is 2.80. The molecule has 0 spiro atoms. The molecule has 2 radical (unpaired) electrons. The van der Waals surface area contributed by atoms with Crippen molar-refractivity contribution < 1.29 is 0 Å². The van der Waals surface area contributed by atoms with E-state index < -0.39 is 0 Å². The minimum absolute atomic E-state index is 0.384. The van der Waals surface area contributed by atoms with E-state index in [4.69, 9.17) is 0 Å². The Bertz CT molecular complexity index is 112. The highest BCUT2D eigenvalue weighted by molar-refractivity contribution is 7.80. The van der Waals surface area contributed by atoms with Crippen LogP contribution in [0, 0.1) is 6.20 Å². The molecule has 30 valence electrons. The van der Waals surface area contributed by atoms with Gasteiger partial charge in [0.2, 0.25) is 0 Å². The standard InChI is InChI=1S/C2HN3S/c6-2-1-3-5-4-2/h(H,3,4,5). The molecule has 6 heavy (non-hydrogen) atoms. The second kappa shape index (κ2) is 1.22. The van der Waals surface area contributed by atoms with Gasteiger partial charge in [0.25, 0.3) is 0 Å². The lowest BCUT2D eigenvalue weighted by molar-refractivity contribution is 0.912. The molecule has 1 N–H and O–H groups in total. The molecule has 0 bridgehead atoms. The molecule has 0 unspecified atom stereocenters. The van der Waals surface area contributed by atoms with Crippen LogP contribution in [0.1, 0.15) is 0 Å². The quantitative estimate of drug-likeness (QED) is 0.503. The van der Waals surface area contributed by atoms with Crippen molar-refractivity contribution in [1.29, 1.82) is 0 Å². The summed E-state index contributed by atoms with van der Waals surface area (Å²) in [5.41, 5.74) is 0. The Labute approximate surface area is 40.2 Å². The number of aromatic amines is 1. The molecule has 1 rings (SSSR count). The van der Waals surface area contributed by atoms with Crippen LogP contribution < -0.4 is 0 Å². The average molecular weight is 99.1 g/mol. The summed E-state index contributed by atoms with van der Waals surface area (Å²) in [6.07, 6.45) is 2.47. The van der Waals surface area contributed by atoms with E-state index in [-0.39, 0.29) is 0 Å². The molecule has 0 atom stereocenters. The van der Waals surface area contributed by atoms with Crippen molar-refractivity contribution in [2.24, 2.45) is 0 Å². The largest absolute Gasteiger partial charge is 0.254 e. The van der Waals surface area contributed by atoms with Gasteiger partial charge in [-0.05, 0) is 0 Å². The van der Waals surface area contributed by atoms with Crippen molar-refractivity contribution >= 4 is 12.6 Å². The third-order valence-corrected chi connectivity index (χ3v) is 0.537. The molecule has 4 heteroatoms. The van der Waals surface area contributed by atoms with E-state index in [0.717, 1.165) is 0 Å². The molecule has 1 aromatic rings. The van der Waals surface area contributed by atoms with Crippen LogP contribution in [0.25, 0.3) is 0 Å². The summed E-state index contributed by atoms with van der Waals surface area (Å²) in [4.78, 5) is 0. The van der Waals surface area contributed by atoms with Gasteiger partial charge in [0.05, 0.1) is 0 Å². The molecule has 0 aromatic carbocycles. The fraction of sp³-hybridized carbons (Fsp3) is 0. The second-order valence-electron chi connectivity index (χ2n) is 0.742. The number of nitrogens with zero attached hydrogens (tertiary/aromatic N) is 2. The first-order valence-corrected chi connectivity index (χ1v) is 1.76. The minimum Gasteiger partial charge on any atom is -0.254 e. The zero-order chi connectivity index (χ0) is 4.41. The number of hydrogen-bond donors (Lipinski definition) is 1. The van der Waals surface area contributed by atoms with Gasteiger partial charge in [0.1, 0.15) is 6.20 Å². The monoisotopic (exact) mass is 99.0 g/mol. The highest BCUT2D eigenvalue weighted by Crippen LogP contribution is 1.89. The number of hydrogen-bond acceptors (Lipinski definition) is 2. The fourth-order valence-corrected chi connectivity index (χ4v) is 0.255. The molecule has 0 aliphatic carbocycles. The van der Waals surface area contributed by atoms with Crippen molar-refractivity contribution in [2.45, 2.75) is 5.03 Å². The third-order valence-electron chi connectivity index (χ3n) is 0.354. The minimum atomic E-state index is 0.384. The summed E-state index contributed by atoms with van der Waals surface area (Å²) in [5, 5.41) is 9.38. The Morgan fingerprint density at radius 1 is 1.83 bits per heavy atom. The van der Waals surface area contributed by atoms with Gasteiger partial charge in [-0.15, -0.1) is 5.10 Å². The van der Waals surface area contributed by atoms with E-state index in [2.05, 4.69) is 34.2 Å². The van der Waals surface area contributed by atoms with Crippen molar-refractivity contribution in [2.75, 3.05) is 0 Å². The van der Waals surface area contributed by atoms with Crippen LogP contribution in [-0.4, -0.2) is 15.4 Å². The van der Waals surface area contributed by atoms with Crippen LogP contribution >= 0.6 is 12.6 Å². The Balaban J connectivity index is 3.05. The first-order valence-electron chi connectivity index (χ1n) is 1.35.